The summed E-state index contributed by atoms with van der Waals surface area (Å²) >= 11 is 0. The van der Waals surface area contributed by atoms with Crippen molar-refractivity contribution in [2.45, 2.75) is 37.2 Å². The number of rotatable bonds is 5. The van der Waals surface area contributed by atoms with E-state index in [2.05, 4.69) is 11.8 Å². The molecule has 2 N–H and O–H groups in total. The molecule has 1 aromatic rings. The number of anilines is 2. The van der Waals surface area contributed by atoms with E-state index < -0.39 is 9.84 Å². The third-order valence-corrected chi connectivity index (χ3v) is 4.87. The van der Waals surface area contributed by atoms with E-state index in [1.54, 1.807) is 12.1 Å². The number of ether oxygens (including phenoxy) is 1. The van der Waals surface area contributed by atoms with Gasteiger partial charge in [0.2, 0.25) is 0 Å². The standard InChI is InChI=1S/C15H24N2O3S/c1-3-10-20-12-6-5-9-17(11-12)13-7-4-8-14(15(13)16)21(2,18)19/h4,7-8,12H,3,5-6,9-11,16H2,1-2H3. The van der Waals surface area contributed by atoms with Gasteiger partial charge in [-0.2, -0.15) is 0 Å². The summed E-state index contributed by atoms with van der Waals surface area (Å²) in [5.41, 5.74) is 7.22. The Labute approximate surface area is 127 Å². The van der Waals surface area contributed by atoms with Crippen molar-refractivity contribution in [3.8, 4) is 0 Å². The second-order valence-electron chi connectivity index (χ2n) is 5.54. The minimum Gasteiger partial charge on any atom is -0.396 e. The van der Waals surface area contributed by atoms with E-state index in [4.69, 9.17) is 10.5 Å². The van der Waals surface area contributed by atoms with Gasteiger partial charge in [-0.1, -0.05) is 13.0 Å². The minimum absolute atomic E-state index is 0.194. The molecule has 0 aromatic heterocycles. The van der Waals surface area contributed by atoms with E-state index in [0.29, 0.717) is 5.69 Å². The maximum atomic E-state index is 11.8. The Bertz CT molecular complexity index is 587. The lowest BCUT2D eigenvalue weighted by Gasteiger charge is -2.35. The van der Waals surface area contributed by atoms with Crippen molar-refractivity contribution < 1.29 is 13.2 Å². The summed E-state index contributed by atoms with van der Waals surface area (Å²) in [6.45, 7) is 4.49. The molecule has 2 rings (SSSR count). The van der Waals surface area contributed by atoms with Gasteiger partial charge in [-0.15, -0.1) is 0 Å². The zero-order chi connectivity index (χ0) is 15.5. The first-order valence-corrected chi connectivity index (χ1v) is 9.27. The molecule has 5 nitrogen and oxygen atoms in total. The molecule has 0 amide bonds. The summed E-state index contributed by atoms with van der Waals surface area (Å²) in [6, 6.07) is 5.19. The monoisotopic (exact) mass is 312 g/mol. The Kier molecular flexibility index (Phi) is 5.11. The average molecular weight is 312 g/mol. The lowest BCUT2D eigenvalue weighted by Crippen LogP contribution is -2.40. The molecular weight excluding hydrogens is 288 g/mol. The largest absolute Gasteiger partial charge is 0.396 e. The number of hydrogen-bond acceptors (Lipinski definition) is 5. The number of nitrogens with zero attached hydrogens (tertiary/aromatic N) is 1. The molecule has 1 aliphatic heterocycles. The lowest BCUT2D eigenvalue weighted by molar-refractivity contribution is 0.0441. The molecule has 0 saturated carbocycles. The third kappa shape index (κ3) is 3.89. The van der Waals surface area contributed by atoms with Crippen LogP contribution in [0.1, 0.15) is 26.2 Å². The van der Waals surface area contributed by atoms with Crippen molar-refractivity contribution in [2.75, 3.05) is 36.6 Å². The molecule has 21 heavy (non-hydrogen) atoms. The predicted molar refractivity (Wildman–Crippen MR) is 85.4 cm³/mol. The number of sulfone groups is 1. The van der Waals surface area contributed by atoms with Crippen LogP contribution in [0, 0.1) is 0 Å². The highest BCUT2D eigenvalue weighted by Gasteiger charge is 2.24. The van der Waals surface area contributed by atoms with Gasteiger partial charge < -0.3 is 15.4 Å². The molecule has 6 heteroatoms. The Balaban J connectivity index is 2.22. The third-order valence-electron chi connectivity index (χ3n) is 3.72. The van der Waals surface area contributed by atoms with E-state index in [1.807, 2.05) is 6.07 Å². The summed E-state index contributed by atoms with van der Waals surface area (Å²) in [4.78, 5) is 2.34. The Hall–Kier alpha value is -1.27. The fraction of sp³-hybridized carbons (Fsp3) is 0.600. The van der Waals surface area contributed by atoms with Gasteiger partial charge in [-0.3, -0.25) is 0 Å². The molecule has 1 unspecified atom stereocenters. The summed E-state index contributed by atoms with van der Waals surface area (Å²) < 4.78 is 29.4. The summed E-state index contributed by atoms with van der Waals surface area (Å²) in [5, 5.41) is 0. The van der Waals surface area contributed by atoms with Crippen LogP contribution in [0.3, 0.4) is 0 Å². The van der Waals surface area contributed by atoms with Crippen molar-refractivity contribution >= 4 is 21.2 Å². The van der Waals surface area contributed by atoms with Crippen molar-refractivity contribution in [3.63, 3.8) is 0 Å². The second kappa shape index (κ2) is 6.66. The molecule has 0 bridgehead atoms. The van der Waals surface area contributed by atoms with Crippen LogP contribution in [-0.2, 0) is 14.6 Å². The van der Waals surface area contributed by atoms with Crippen LogP contribution < -0.4 is 10.6 Å². The van der Waals surface area contributed by atoms with Gasteiger partial charge >= 0.3 is 0 Å². The fourth-order valence-corrected chi connectivity index (χ4v) is 3.54. The molecule has 0 spiro atoms. The summed E-state index contributed by atoms with van der Waals surface area (Å²) in [6.07, 6.45) is 4.45. The van der Waals surface area contributed by atoms with Gasteiger partial charge in [-0.25, -0.2) is 8.42 Å². The fourth-order valence-electron chi connectivity index (χ4n) is 2.71. The van der Waals surface area contributed by atoms with Crippen LogP contribution in [-0.4, -0.2) is 40.5 Å². The van der Waals surface area contributed by atoms with Crippen LogP contribution in [0.4, 0.5) is 11.4 Å². The Morgan fingerprint density at radius 2 is 2.19 bits per heavy atom. The first-order chi connectivity index (χ1) is 9.93. The van der Waals surface area contributed by atoms with Gasteiger partial charge in [-0.05, 0) is 31.4 Å². The quantitative estimate of drug-likeness (QED) is 0.843. The zero-order valence-electron chi connectivity index (χ0n) is 12.7. The molecule has 1 heterocycles. The summed E-state index contributed by atoms with van der Waals surface area (Å²) in [7, 11) is -3.31. The highest BCUT2D eigenvalue weighted by Crippen LogP contribution is 2.31. The Morgan fingerprint density at radius 3 is 2.86 bits per heavy atom. The number of piperidine rings is 1. The molecular formula is C15H24N2O3S. The zero-order valence-corrected chi connectivity index (χ0v) is 13.5. The number of para-hydroxylation sites is 1. The molecule has 118 valence electrons. The first-order valence-electron chi connectivity index (χ1n) is 7.38. The van der Waals surface area contributed by atoms with E-state index in [-0.39, 0.29) is 11.0 Å². The molecule has 0 aliphatic carbocycles. The highest BCUT2D eigenvalue weighted by atomic mass is 32.2. The van der Waals surface area contributed by atoms with Crippen LogP contribution in [0.5, 0.6) is 0 Å². The molecule has 1 saturated heterocycles. The van der Waals surface area contributed by atoms with Gasteiger partial charge in [0.1, 0.15) is 0 Å². The van der Waals surface area contributed by atoms with Crippen LogP contribution in [0.25, 0.3) is 0 Å². The SMILES string of the molecule is CCCOC1CCCN(c2cccc(S(C)(=O)=O)c2N)C1. The van der Waals surface area contributed by atoms with E-state index in [0.717, 1.165) is 44.6 Å². The van der Waals surface area contributed by atoms with Crippen molar-refractivity contribution in [3.05, 3.63) is 18.2 Å². The van der Waals surface area contributed by atoms with Crippen LogP contribution in [0.15, 0.2) is 23.1 Å². The molecule has 1 aliphatic rings. The number of nitrogens with two attached hydrogens (primary N) is 1. The summed E-state index contributed by atoms with van der Waals surface area (Å²) in [5.74, 6) is 0. The number of hydrogen-bond donors (Lipinski definition) is 1. The van der Waals surface area contributed by atoms with E-state index in [1.165, 1.54) is 6.26 Å². The first kappa shape index (κ1) is 16.1. The predicted octanol–water partition coefficient (Wildman–Crippen LogP) is 2.07. The maximum absolute atomic E-state index is 11.8. The normalized spacial score (nSPS) is 19.7. The highest BCUT2D eigenvalue weighted by molar-refractivity contribution is 7.90. The van der Waals surface area contributed by atoms with Gasteiger partial charge in [0.05, 0.1) is 22.4 Å². The maximum Gasteiger partial charge on any atom is 0.177 e. The average Bonchev–Trinajstić information content (AvgIpc) is 2.44. The van der Waals surface area contributed by atoms with Crippen LogP contribution in [0.2, 0.25) is 0 Å². The molecule has 1 aromatic carbocycles. The van der Waals surface area contributed by atoms with Gasteiger partial charge in [0.25, 0.3) is 0 Å². The lowest BCUT2D eigenvalue weighted by atomic mass is 10.1. The minimum atomic E-state index is -3.31. The van der Waals surface area contributed by atoms with Crippen molar-refractivity contribution in [1.29, 1.82) is 0 Å². The van der Waals surface area contributed by atoms with Crippen LogP contribution >= 0.6 is 0 Å². The Morgan fingerprint density at radius 1 is 1.43 bits per heavy atom. The molecule has 0 radical (unpaired) electrons. The smallest absolute Gasteiger partial charge is 0.177 e. The van der Waals surface area contributed by atoms with Gasteiger partial charge in [0, 0.05) is 26.0 Å². The molecule has 1 atom stereocenters. The molecule has 1 fully saturated rings. The van der Waals surface area contributed by atoms with Gasteiger partial charge in [0.15, 0.2) is 9.84 Å². The second-order valence-corrected chi connectivity index (χ2v) is 7.53. The van der Waals surface area contributed by atoms with Crippen molar-refractivity contribution in [1.82, 2.24) is 0 Å². The van der Waals surface area contributed by atoms with E-state index in [9.17, 15) is 8.42 Å². The topological polar surface area (TPSA) is 72.6 Å². The number of benzene rings is 1. The number of nitrogen functional groups attached to an aromatic ring is 1. The van der Waals surface area contributed by atoms with Crippen molar-refractivity contribution in [2.24, 2.45) is 0 Å². The van der Waals surface area contributed by atoms with E-state index >= 15 is 0 Å².